The van der Waals surface area contributed by atoms with Gasteiger partial charge in [-0.3, -0.25) is 15.0 Å². The summed E-state index contributed by atoms with van der Waals surface area (Å²) in [6.07, 6.45) is 22.9. The average molecular weight is 515 g/mol. The molecule has 1 fully saturated rings. The number of H-pyrrole nitrogens is 1. The zero-order valence-corrected chi connectivity index (χ0v) is 21.7. The van der Waals surface area contributed by atoms with Gasteiger partial charge in [-0.2, -0.15) is 5.10 Å². The van der Waals surface area contributed by atoms with Crippen LogP contribution in [0.1, 0.15) is 65.9 Å². The SMILES string of the molecule is C1=CCc2[nH]c(C3=NNCc4ncc(-c5cncc(OC6CCCCC6)c5)cc43)cc2C(c2cccnc2)=C1. The summed E-state index contributed by atoms with van der Waals surface area (Å²) in [5.41, 5.74) is 13.5. The molecule has 1 saturated carbocycles. The summed E-state index contributed by atoms with van der Waals surface area (Å²) in [5, 5.41) is 4.74. The lowest BCUT2D eigenvalue weighted by Crippen LogP contribution is -2.22. The second kappa shape index (κ2) is 10.3. The maximum atomic E-state index is 6.29. The van der Waals surface area contributed by atoms with E-state index in [9.17, 15) is 0 Å². The summed E-state index contributed by atoms with van der Waals surface area (Å²) in [6.45, 7) is 0.589. The average Bonchev–Trinajstić information content (AvgIpc) is 3.31. The number of nitrogens with one attached hydrogen (secondary N) is 2. The van der Waals surface area contributed by atoms with Crippen LogP contribution < -0.4 is 10.2 Å². The number of rotatable bonds is 5. The van der Waals surface area contributed by atoms with Crippen LogP contribution in [0.3, 0.4) is 0 Å². The van der Waals surface area contributed by atoms with Crippen molar-refractivity contribution in [1.82, 2.24) is 25.4 Å². The van der Waals surface area contributed by atoms with E-state index in [1.807, 2.05) is 30.9 Å². The number of pyridine rings is 3. The van der Waals surface area contributed by atoms with Crippen LogP contribution in [-0.4, -0.2) is 31.8 Å². The topological polar surface area (TPSA) is 88.1 Å². The Labute approximate surface area is 227 Å². The summed E-state index contributed by atoms with van der Waals surface area (Å²) >= 11 is 0. The number of fused-ring (bicyclic) bond motifs is 2. The lowest BCUT2D eigenvalue weighted by atomic mass is 9.97. The van der Waals surface area contributed by atoms with Crippen LogP contribution in [0.5, 0.6) is 5.75 Å². The number of aromatic nitrogens is 4. The van der Waals surface area contributed by atoms with Crippen LogP contribution in [0.25, 0.3) is 16.7 Å². The third-order valence-electron chi connectivity index (χ3n) is 7.70. The predicted octanol–water partition coefficient (Wildman–Crippen LogP) is 5.98. The van der Waals surface area contributed by atoms with E-state index in [0.29, 0.717) is 6.54 Å². The van der Waals surface area contributed by atoms with Gasteiger partial charge < -0.3 is 15.1 Å². The van der Waals surface area contributed by atoms with Gasteiger partial charge in [0.1, 0.15) is 11.5 Å². The van der Waals surface area contributed by atoms with Crippen molar-refractivity contribution >= 4 is 11.3 Å². The van der Waals surface area contributed by atoms with E-state index in [1.165, 1.54) is 24.8 Å². The molecule has 194 valence electrons. The van der Waals surface area contributed by atoms with E-state index in [2.05, 4.69) is 62.9 Å². The molecule has 2 N–H and O–H groups in total. The van der Waals surface area contributed by atoms with Crippen molar-refractivity contribution in [2.24, 2.45) is 5.10 Å². The van der Waals surface area contributed by atoms with E-state index < -0.39 is 0 Å². The highest BCUT2D eigenvalue weighted by molar-refractivity contribution is 6.14. The van der Waals surface area contributed by atoms with Crippen LogP contribution in [0.4, 0.5) is 0 Å². The molecule has 0 atom stereocenters. The lowest BCUT2D eigenvalue weighted by Gasteiger charge is -2.23. The Bertz CT molecular complexity index is 1590. The highest BCUT2D eigenvalue weighted by Gasteiger charge is 2.23. The summed E-state index contributed by atoms with van der Waals surface area (Å²) in [4.78, 5) is 17.3. The maximum absolute atomic E-state index is 6.29. The minimum atomic E-state index is 0.283. The Morgan fingerprint density at radius 3 is 2.67 bits per heavy atom. The first kappa shape index (κ1) is 23.6. The second-order valence-electron chi connectivity index (χ2n) is 10.3. The number of aromatic amines is 1. The highest BCUT2D eigenvalue weighted by Crippen LogP contribution is 2.32. The molecule has 0 unspecified atom stereocenters. The van der Waals surface area contributed by atoms with Gasteiger partial charge in [-0.25, -0.2) is 0 Å². The molecule has 0 saturated heterocycles. The normalized spacial score (nSPS) is 16.8. The van der Waals surface area contributed by atoms with E-state index in [4.69, 9.17) is 14.8 Å². The van der Waals surface area contributed by atoms with Crippen LogP contribution in [0.2, 0.25) is 0 Å². The smallest absolute Gasteiger partial charge is 0.138 e. The van der Waals surface area contributed by atoms with Crippen LogP contribution in [0, 0.1) is 0 Å². The largest absolute Gasteiger partial charge is 0.489 e. The minimum Gasteiger partial charge on any atom is -0.489 e. The Balaban J connectivity index is 1.22. The van der Waals surface area contributed by atoms with Crippen molar-refractivity contribution in [1.29, 1.82) is 0 Å². The Morgan fingerprint density at radius 1 is 0.872 bits per heavy atom. The zero-order chi connectivity index (χ0) is 26.0. The third-order valence-corrected chi connectivity index (χ3v) is 7.70. The molecular formula is C32H30N6O. The standard InChI is InChI=1S/C32H30N6O/c1-2-8-24(9-3-1)39-25-13-22(17-34-19-25)23-14-28-31(35-18-23)20-36-38-32(28)30-15-27-26(21-7-6-12-33-16-21)10-4-5-11-29(27)37-30/h4-7,10,12-19,24,36-37H,1-3,8-9,11,20H2. The van der Waals surface area contributed by atoms with E-state index in [1.54, 1.807) is 6.20 Å². The fraction of sp³-hybridized carbons (Fsp3) is 0.250. The molecule has 7 nitrogen and oxygen atoms in total. The van der Waals surface area contributed by atoms with Gasteiger partial charge in [0.15, 0.2) is 0 Å². The number of allylic oxidation sites excluding steroid dienone is 3. The van der Waals surface area contributed by atoms with Gasteiger partial charge in [-0.1, -0.05) is 30.7 Å². The van der Waals surface area contributed by atoms with Crippen LogP contribution in [-0.2, 0) is 13.0 Å². The van der Waals surface area contributed by atoms with Gasteiger partial charge in [-0.15, -0.1) is 0 Å². The van der Waals surface area contributed by atoms with Gasteiger partial charge in [0.05, 0.1) is 30.2 Å². The molecule has 4 aromatic rings. The maximum Gasteiger partial charge on any atom is 0.138 e. The third kappa shape index (κ3) is 4.76. The molecule has 7 heteroatoms. The van der Waals surface area contributed by atoms with E-state index >= 15 is 0 Å². The first-order valence-corrected chi connectivity index (χ1v) is 13.7. The van der Waals surface area contributed by atoms with Gasteiger partial charge in [0, 0.05) is 64.7 Å². The fourth-order valence-electron chi connectivity index (χ4n) is 5.71. The molecule has 4 aromatic heterocycles. The van der Waals surface area contributed by atoms with Gasteiger partial charge in [-0.05, 0) is 55.5 Å². The van der Waals surface area contributed by atoms with Gasteiger partial charge >= 0.3 is 0 Å². The van der Waals surface area contributed by atoms with Gasteiger partial charge in [0.2, 0.25) is 0 Å². The lowest BCUT2D eigenvalue weighted by molar-refractivity contribution is 0.154. The van der Waals surface area contributed by atoms with Crippen LogP contribution >= 0.6 is 0 Å². The molecule has 0 amide bonds. The number of hydrogen-bond acceptors (Lipinski definition) is 6. The summed E-state index contributed by atoms with van der Waals surface area (Å²) in [7, 11) is 0. The molecular weight excluding hydrogens is 484 g/mol. The Kier molecular flexibility index (Phi) is 6.25. The minimum absolute atomic E-state index is 0.283. The fourth-order valence-corrected chi connectivity index (χ4v) is 5.71. The summed E-state index contributed by atoms with van der Waals surface area (Å²) in [6, 6.07) is 10.5. The quantitative estimate of drug-likeness (QED) is 0.342. The molecule has 5 heterocycles. The van der Waals surface area contributed by atoms with Crippen molar-refractivity contribution in [3.63, 3.8) is 0 Å². The number of hydrazone groups is 1. The van der Waals surface area contributed by atoms with E-state index in [-0.39, 0.29) is 6.10 Å². The predicted molar refractivity (Wildman–Crippen MR) is 152 cm³/mol. The molecule has 0 aromatic carbocycles. The van der Waals surface area contributed by atoms with Crippen molar-refractivity contribution in [2.45, 2.75) is 51.2 Å². The molecule has 1 aliphatic heterocycles. The second-order valence-corrected chi connectivity index (χ2v) is 10.3. The highest BCUT2D eigenvalue weighted by atomic mass is 16.5. The zero-order valence-electron chi connectivity index (χ0n) is 21.7. The molecule has 3 aliphatic rings. The first-order valence-electron chi connectivity index (χ1n) is 13.7. The first-order chi connectivity index (χ1) is 19.3. The molecule has 0 bridgehead atoms. The number of ether oxygens (including phenoxy) is 1. The monoisotopic (exact) mass is 514 g/mol. The Hall–Kier alpha value is -4.52. The summed E-state index contributed by atoms with van der Waals surface area (Å²) in [5.74, 6) is 0.823. The Morgan fingerprint density at radius 2 is 1.77 bits per heavy atom. The molecule has 0 radical (unpaired) electrons. The molecule has 7 rings (SSSR count). The van der Waals surface area contributed by atoms with Crippen molar-refractivity contribution in [3.8, 4) is 16.9 Å². The molecule has 39 heavy (non-hydrogen) atoms. The number of nitrogens with zero attached hydrogens (tertiary/aromatic N) is 4. The van der Waals surface area contributed by atoms with Crippen molar-refractivity contribution in [3.05, 3.63) is 113 Å². The van der Waals surface area contributed by atoms with Crippen molar-refractivity contribution in [2.75, 3.05) is 0 Å². The van der Waals surface area contributed by atoms with E-state index in [0.717, 1.165) is 75.6 Å². The van der Waals surface area contributed by atoms with Gasteiger partial charge in [0.25, 0.3) is 0 Å². The number of hydrogen-bond donors (Lipinski definition) is 2. The molecule has 0 spiro atoms. The summed E-state index contributed by atoms with van der Waals surface area (Å²) < 4.78 is 6.29. The molecule has 2 aliphatic carbocycles. The van der Waals surface area contributed by atoms with Crippen molar-refractivity contribution < 1.29 is 4.74 Å². The van der Waals surface area contributed by atoms with Crippen LogP contribution in [0.15, 0.2) is 84.6 Å².